The second-order valence-electron chi connectivity index (χ2n) is 4.59. The summed E-state index contributed by atoms with van der Waals surface area (Å²) in [6.07, 6.45) is 3.08. The van der Waals surface area contributed by atoms with E-state index in [0.29, 0.717) is 11.0 Å². The van der Waals surface area contributed by atoms with Gasteiger partial charge in [-0.25, -0.2) is 4.39 Å². The zero-order valence-corrected chi connectivity index (χ0v) is 12.4. The lowest BCUT2D eigenvalue weighted by Crippen LogP contribution is -2.42. The quantitative estimate of drug-likeness (QED) is 0.703. The summed E-state index contributed by atoms with van der Waals surface area (Å²) >= 11 is 9.01. The molecule has 1 aromatic carbocycles. The van der Waals surface area contributed by atoms with Gasteiger partial charge in [-0.1, -0.05) is 11.6 Å². The molecule has 1 unspecified atom stereocenters. The average molecular weight is 335 g/mol. The maximum Gasteiger partial charge on any atom is 0.257 e. The fraction of sp³-hybridized carbons (Fsp3) is 0.462. The Morgan fingerprint density at radius 1 is 1.50 bits per heavy atom. The molecule has 0 aliphatic carbocycles. The van der Waals surface area contributed by atoms with Crippen LogP contribution in [0.4, 0.5) is 4.39 Å². The number of rotatable bonds is 1. The first-order valence-corrected chi connectivity index (χ1v) is 7.13. The van der Waals surface area contributed by atoms with Crippen LogP contribution in [0, 0.1) is 5.82 Å². The molecule has 1 fully saturated rings. The summed E-state index contributed by atoms with van der Waals surface area (Å²) < 4.78 is 14.4. The number of halogens is 3. The van der Waals surface area contributed by atoms with Gasteiger partial charge in [-0.05, 0) is 54.2 Å². The standard InChI is InChI=1S/C13H14BrClFNO/c1-8-4-2-3-5-17(8)13(18)9-6-10(14)11(15)7-12(9)16/h6-8H,2-5H2,1H3. The molecule has 2 nitrogen and oxygen atoms in total. The Bertz CT molecular complexity index is 480. The van der Waals surface area contributed by atoms with Gasteiger partial charge in [-0.2, -0.15) is 0 Å². The summed E-state index contributed by atoms with van der Waals surface area (Å²) in [6, 6.07) is 2.80. The van der Waals surface area contributed by atoms with E-state index in [0.717, 1.165) is 19.3 Å². The molecule has 0 radical (unpaired) electrons. The second-order valence-corrected chi connectivity index (χ2v) is 5.85. The molecule has 1 saturated heterocycles. The Morgan fingerprint density at radius 3 is 2.89 bits per heavy atom. The number of nitrogens with zero attached hydrogens (tertiary/aromatic N) is 1. The Balaban J connectivity index is 2.30. The predicted octanol–water partition coefficient (Wildman–Crippen LogP) is 4.26. The van der Waals surface area contributed by atoms with E-state index in [1.54, 1.807) is 4.90 Å². The molecule has 0 spiro atoms. The molecule has 0 N–H and O–H groups in total. The van der Waals surface area contributed by atoms with Crippen LogP contribution in [0.3, 0.4) is 0 Å². The topological polar surface area (TPSA) is 20.3 Å². The molecular formula is C13H14BrClFNO. The highest BCUT2D eigenvalue weighted by molar-refractivity contribution is 9.10. The van der Waals surface area contributed by atoms with E-state index in [-0.39, 0.29) is 22.5 Å². The van der Waals surface area contributed by atoms with Crippen molar-refractivity contribution in [2.45, 2.75) is 32.2 Å². The van der Waals surface area contributed by atoms with E-state index in [2.05, 4.69) is 15.9 Å². The highest BCUT2D eigenvalue weighted by Gasteiger charge is 2.26. The Hall–Kier alpha value is -0.610. The molecule has 5 heteroatoms. The van der Waals surface area contributed by atoms with Gasteiger partial charge in [-0.15, -0.1) is 0 Å². The van der Waals surface area contributed by atoms with Gasteiger partial charge < -0.3 is 4.90 Å². The van der Waals surface area contributed by atoms with Crippen LogP contribution >= 0.6 is 27.5 Å². The van der Waals surface area contributed by atoms with E-state index in [1.807, 2.05) is 6.92 Å². The number of hydrogen-bond donors (Lipinski definition) is 0. The summed E-state index contributed by atoms with van der Waals surface area (Å²) in [5.41, 5.74) is 0.0834. The van der Waals surface area contributed by atoms with Crippen LogP contribution in [-0.4, -0.2) is 23.4 Å². The molecule has 2 rings (SSSR count). The van der Waals surface area contributed by atoms with Crippen LogP contribution in [-0.2, 0) is 0 Å². The summed E-state index contributed by atoms with van der Waals surface area (Å²) in [5.74, 6) is -0.817. The number of carbonyl (C=O) groups excluding carboxylic acids is 1. The van der Waals surface area contributed by atoms with Crippen molar-refractivity contribution in [1.29, 1.82) is 0 Å². The lowest BCUT2D eigenvalue weighted by atomic mass is 10.0. The number of benzene rings is 1. The second kappa shape index (κ2) is 5.57. The highest BCUT2D eigenvalue weighted by atomic mass is 79.9. The molecule has 98 valence electrons. The first-order valence-electron chi connectivity index (χ1n) is 5.96. The van der Waals surface area contributed by atoms with Gasteiger partial charge >= 0.3 is 0 Å². The molecule has 1 aliphatic rings. The van der Waals surface area contributed by atoms with Gasteiger partial charge in [0.05, 0.1) is 10.6 Å². The van der Waals surface area contributed by atoms with Crippen molar-refractivity contribution in [2.24, 2.45) is 0 Å². The van der Waals surface area contributed by atoms with Crippen LogP contribution in [0.5, 0.6) is 0 Å². The zero-order valence-electron chi connectivity index (χ0n) is 10.0. The van der Waals surface area contributed by atoms with Gasteiger partial charge in [0.15, 0.2) is 0 Å². The molecule has 1 atom stereocenters. The monoisotopic (exact) mass is 333 g/mol. The van der Waals surface area contributed by atoms with Gasteiger partial charge in [0.25, 0.3) is 5.91 Å². The molecular weight excluding hydrogens is 321 g/mol. The van der Waals surface area contributed by atoms with Gasteiger partial charge in [0, 0.05) is 17.1 Å². The Labute approximate surface area is 119 Å². The fourth-order valence-corrected chi connectivity index (χ4v) is 2.73. The van der Waals surface area contributed by atoms with Crippen LogP contribution < -0.4 is 0 Å². The minimum Gasteiger partial charge on any atom is -0.336 e. The molecule has 1 aromatic rings. The first kappa shape index (κ1) is 13.8. The van der Waals surface area contributed by atoms with E-state index < -0.39 is 5.82 Å². The number of hydrogen-bond acceptors (Lipinski definition) is 1. The number of likely N-dealkylation sites (tertiary alicyclic amines) is 1. The molecule has 0 bridgehead atoms. The number of carbonyl (C=O) groups is 1. The third-order valence-corrected chi connectivity index (χ3v) is 4.50. The van der Waals surface area contributed by atoms with Crippen LogP contribution in [0.15, 0.2) is 16.6 Å². The SMILES string of the molecule is CC1CCCCN1C(=O)c1cc(Br)c(Cl)cc1F. The van der Waals surface area contributed by atoms with Crippen LogP contribution in [0.2, 0.25) is 5.02 Å². The summed E-state index contributed by atoms with van der Waals surface area (Å²) in [5, 5.41) is 0.274. The molecule has 18 heavy (non-hydrogen) atoms. The average Bonchev–Trinajstić information content (AvgIpc) is 2.33. The molecule has 0 saturated carbocycles. The minimum absolute atomic E-state index is 0.0834. The lowest BCUT2D eigenvalue weighted by molar-refractivity contribution is 0.0631. The van der Waals surface area contributed by atoms with Crippen molar-refractivity contribution < 1.29 is 9.18 Å². The van der Waals surface area contributed by atoms with E-state index in [9.17, 15) is 9.18 Å². The normalized spacial score (nSPS) is 20.0. The van der Waals surface area contributed by atoms with Crippen molar-refractivity contribution in [2.75, 3.05) is 6.54 Å². The molecule has 1 aliphatic heterocycles. The van der Waals surface area contributed by atoms with Crippen molar-refractivity contribution >= 4 is 33.4 Å². The number of amides is 1. The Kier molecular flexibility index (Phi) is 4.28. The third kappa shape index (κ3) is 2.69. The van der Waals surface area contributed by atoms with E-state index >= 15 is 0 Å². The maximum absolute atomic E-state index is 13.8. The zero-order chi connectivity index (χ0) is 13.3. The molecule has 1 amide bonds. The number of piperidine rings is 1. The van der Waals surface area contributed by atoms with Crippen molar-refractivity contribution in [3.63, 3.8) is 0 Å². The van der Waals surface area contributed by atoms with Crippen molar-refractivity contribution in [3.8, 4) is 0 Å². The Morgan fingerprint density at radius 2 is 2.22 bits per heavy atom. The van der Waals surface area contributed by atoms with E-state index in [1.165, 1.54) is 12.1 Å². The van der Waals surface area contributed by atoms with Crippen LogP contribution in [0.25, 0.3) is 0 Å². The van der Waals surface area contributed by atoms with Gasteiger partial charge in [0.1, 0.15) is 5.82 Å². The van der Waals surface area contributed by atoms with Crippen molar-refractivity contribution in [1.82, 2.24) is 4.90 Å². The minimum atomic E-state index is -0.564. The summed E-state index contributed by atoms with van der Waals surface area (Å²) in [4.78, 5) is 14.1. The largest absolute Gasteiger partial charge is 0.336 e. The predicted molar refractivity (Wildman–Crippen MR) is 73.5 cm³/mol. The third-order valence-electron chi connectivity index (χ3n) is 3.30. The molecule has 1 heterocycles. The van der Waals surface area contributed by atoms with Gasteiger partial charge in [0.2, 0.25) is 0 Å². The first-order chi connectivity index (χ1) is 8.50. The van der Waals surface area contributed by atoms with E-state index in [4.69, 9.17) is 11.6 Å². The summed E-state index contributed by atoms with van der Waals surface area (Å²) in [6.45, 7) is 2.69. The van der Waals surface area contributed by atoms with Crippen LogP contribution in [0.1, 0.15) is 36.5 Å². The molecule has 0 aromatic heterocycles. The summed E-state index contributed by atoms with van der Waals surface area (Å²) in [7, 11) is 0. The van der Waals surface area contributed by atoms with Gasteiger partial charge in [-0.3, -0.25) is 4.79 Å². The fourth-order valence-electron chi connectivity index (χ4n) is 2.24. The smallest absolute Gasteiger partial charge is 0.257 e. The maximum atomic E-state index is 13.8. The lowest BCUT2D eigenvalue weighted by Gasteiger charge is -2.33. The highest BCUT2D eigenvalue weighted by Crippen LogP contribution is 2.28. The van der Waals surface area contributed by atoms with Crippen molar-refractivity contribution in [3.05, 3.63) is 33.0 Å².